The van der Waals surface area contributed by atoms with Gasteiger partial charge in [-0.2, -0.15) is 0 Å². The Labute approximate surface area is 154 Å². The summed E-state index contributed by atoms with van der Waals surface area (Å²) in [5.41, 5.74) is 0.334. The SMILES string of the molecule is CC[C@@]1(O)CCN(C(=O)c2ccc(OC)c(N3CCOCC3)c2)C[C@H]1O. The van der Waals surface area contributed by atoms with E-state index in [2.05, 4.69) is 4.90 Å². The van der Waals surface area contributed by atoms with E-state index in [0.29, 0.717) is 38.2 Å². The molecule has 0 unspecified atom stereocenters. The number of likely N-dealkylation sites (tertiary alicyclic amines) is 1. The summed E-state index contributed by atoms with van der Waals surface area (Å²) in [7, 11) is 1.62. The van der Waals surface area contributed by atoms with Crippen molar-refractivity contribution in [2.75, 3.05) is 51.4 Å². The fourth-order valence-electron chi connectivity index (χ4n) is 3.62. The molecule has 2 fully saturated rings. The molecule has 0 aliphatic carbocycles. The predicted octanol–water partition coefficient (Wildman–Crippen LogP) is 0.880. The third-order valence-electron chi connectivity index (χ3n) is 5.51. The third kappa shape index (κ3) is 3.65. The van der Waals surface area contributed by atoms with Crippen LogP contribution in [-0.2, 0) is 4.74 Å². The maximum Gasteiger partial charge on any atom is 0.254 e. The fraction of sp³-hybridized carbons (Fsp3) is 0.632. The Morgan fingerprint density at radius 1 is 1.35 bits per heavy atom. The second kappa shape index (κ2) is 7.82. The minimum atomic E-state index is -1.10. The quantitative estimate of drug-likeness (QED) is 0.825. The van der Waals surface area contributed by atoms with Crippen LogP contribution in [0.4, 0.5) is 5.69 Å². The highest BCUT2D eigenvalue weighted by atomic mass is 16.5. The normalized spacial score (nSPS) is 26.7. The molecule has 0 radical (unpaired) electrons. The Balaban J connectivity index is 1.79. The summed E-state index contributed by atoms with van der Waals surface area (Å²) in [5.74, 6) is 0.585. The summed E-state index contributed by atoms with van der Waals surface area (Å²) in [6, 6.07) is 5.40. The smallest absolute Gasteiger partial charge is 0.254 e. The number of carbonyl (C=O) groups excluding carboxylic acids is 1. The van der Waals surface area contributed by atoms with Crippen molar-refractivity contribution in [3.05, 3.63) is 23.8 Å². The van der Waals surface area contributed by atoms with Gasteiger partial charge in [-0.25, -0.2) is 0 Å². The van der Waals surface area contributed by atoms with Crippen LogP contribution in [0.1, 0.15) is 30.1 Å². The van der Waals surface area contributed by atoms with Crippen LogP contribution in [0.3, 0.4) is 0 Å². The third-order valence-corrected chi connectivity index (χ3v) is 5.51. The molecular weight excluding hydrogens is 336 g/mol. The van der Waals surface area contributed by atoms with Crippen LogP contribution in [-0.4, -0.2) is 79.2 Å². The number of carbonyl (C=O) groups is 1. The number of rotatable bonds is 4. The van der Waals surface area contributed by atoms with E-state index in [1.165, 1.54) is 0 Å². The van der Waals surface area contributed by atoms with Crippen LogP contribution < -0.4 is 9.64 Å². The number of aliphatic hydroxyl groups excluding tert-OH is 1. The molecule has 144 valence electrons. The first kappa shape index (κ1) is 18.9. The molecule has 3 rings (SSSR count). The number of morpholine rings is 1. The molecule has 2 saturated heterocycles. The number of amides is 1. The minimum Gasteiger partial charge on any atom is -0.495 e. The lowest BCUT2D eigenvalue weighted by Crippen LogP contribution is -2.56. The topological polar surface area (TPSA) is 82.5 Å². The molecule has 26 heavy (non-hydrogen) atoms. The summed E-state index contributed by atoms with van der Waals surface area (Å²) in [5, 5.41) is 20.6. The summed E-state index contributed by atoms with van der Waals surface area (Å²) in [4.78, 5) is 16.7. The monoisotopic (exact) mass is 364 g/mol. The first-order valence-electron chi connectivity index (χ1n) is 9.19. The van der Waals surface area contributed by atoms with Crippen LogP contribution in [0.15, 0.2) is 18.2 Å². The summed E-state index contributed by atoms with van der Waals surface area (Å²) < 4.78 is 10.9. The lowest BCUT2D eigenvalue weighted by Gasteiger charge is -2.41. The standard InChI is InChI=1S/C19H28N2O5/c1-3-19(24)6-7-21(13-17(19)22)18(23)14-4-5-16(25-2)15(12-14)20-8-10-26-11-9-20/h4-5,12,17,22,24H,3,6-11,13H2,1-2H3/t17-,19-/m1/s1. The molecule has 7 nitrogen and oxygen atoms in total. The van der Waals surface area contributed by atoms with Gasteiger partial charge in [0.05, 0.1) is 31.6 Å². The average Bonchev–Trinajstić information content (AvgIpc) is 2.69. The van der Waals surface area contributed by atoms with Crippen LogP contribution in [0.5, 0.6) is 5.75 Å². The number of methoxy groups -OCH3 is 1. The number of benzene rings is 1. The zero-order valence-electron chi connectivity index (χ0n) is 15.5. The zero-order chi connectivity index (χ0) is 18.7. The molecule has 7 heteroatoms. The Kier molecular flexibility index (Phi) is 5.70. The van der Waals surface area contributed by atoms with Gasteiger partial charge in [-0.15, -0.1) is 0 Å². The van der Waals surface area contributed by atoms with E-state index in [0.717, 1.165) is 24.5 Å². The van der Waals surface area contributed by atoms with Crippen molar-refractivity contribution >= 4 is 11.6 Å². The zero-order valence-corrected chi connectivity index (χ0v) is 15.5. The number of β-amino-alcohol motifs (C(OH)–C–C–N with tert-alkyl or cyclic N) is 1. The van der Waals surface area contributed by atoms with Gasteiger partial charge in [0.15, 0.2) is 0 Å². The van der Waals surface area contributed by atoms with E-state index in [4.69, 9.17) is 9.47 Å². The van der Waals surface area contributed by atoms with Crippen LogP contribution in [0.25, 0.3) is 0 Å². The van der Waals surface area contributed by atoms with Crippen molar-refractivity contribution in [3.63, 3.8) is 0 Å². The molecule has 1 aromatic rings. The van der Waals surface area contributed by atoms with Gasteiger partial charge in [-0.3, -0.25) is 4.79 Å². The van der Waals surface area contributed by atoms with E-state index < -0.39 is 11.7 Å². The van der Waals surface area contributed by atoms with E-state index in [9.17, 15) is 15.0 Å². The maximum atomic E-state index is 12.9. The Hall–Kier alpha value is -1.83. The van der Waals surface area contributed by atoms with Crippen LogP contribution in [0, 0.1) is 0 Å². The highest BCUT2D eigenvalue weighted by molar-refractivity contribution is 5.96. The van der Waals surface area contributed by atoms with Crippen molar-refractivity contribution in [1.29, 1.82) is 0 Å². The van der Waals surface area contributed by atoms with Gasteiger partial charge < -0.3 is 29.5 Å². The van der Waals surface area contributed by atoms with Gasteiger partial charge in [0.1, 0.15) is 11.9 Å². The molecule has 2 atom stereocenters. The molecule has 1 aromatic carbocycles. The second-order valence-electron chi connectivity index (χ2n) is 6.96. The molecular formula is C19H28N2O5. The maximum absolute atomic E-state index is 12.9. The van der Waals surface area contributed by atoms with Crippen molar-refractivity contribution in [3.8, 4) is 5.75 Å². The van der Waals surface area contributed by atoms with Crippen molar-refractivity contribution in [1.82, 2.24) is 4.90 Å². The first-order valence-corrected chi connectivity index (χ1v) is 9.19. The predicted molar refractivity (Wildman–Crippen MR) is 97.8 cm³/mol. The minimum absolute atomic E-state index is 0.139. The largest absolute Gasteiger partial charge is 0.495 e. The lowest BCUT2D eigenvalue weighted by atomic mass is 9.86. The molecule has 2 heterocycles. The molecule has 0 bridgehead atoms. The molecule has 0 aromatic heterocycles. The van der Waals surface area contributed by atoms with Gasteiger partial charge in [0.25, 0.3) is 5.91 Å². The van der Waals surface area contributed by atoms with E-state index in [-0.39, 0.29) is 12.5 Å². The Morgan fingerprint density at radius 3 is 2.69 bits per heavy atom. The van der Waals surface area contributed by atoms with Gasteiger partial charge in [-0.05, 0) is 31.0 Å². The Morgan fingerprint density at radius 2 is 2.08 bits per heavy atom. The number of piperidine rings is 1. The van der Waals surface area contributed by atoms with Crippen molar-refractivity contribution in [2.45, 2.75) is 31.5 Å². The summed E-state index contributed by atoms with van der Waals surface area (Å²) >= 11 is 0. The first-order chi connectivity index (χ1) is 12.5. The van der Waals surface area contributed by atoms with Gasteiger partial charge in [0, 0.05) is 31.7 Å². The summed E-state index contributed by atoms with van der Waals surface area (Å²) in [6.07, 6.45) is -0.0786. The fourth-order valence-corrected chi connectivity index (χ4v) is 3.62. The van der Waals surface area contributed by atoms with Crippen LogP contribution in [0.2, 0.25) is 0 Å². The average molecular weight is 364 g/mol. The highest BCUT2D eigenvalue weighted by Crippen LogP contribution is 2.32. The number of nitrogens with zero attached hydrogens (tertiary/aromatic N) is 2. The molecule has 2 N–H and O–H groups in total. The lowest BCUT2D eigenvalue weighted by molar-refractivity contribution is -0.114. The van der Waals surface area contributed by atoms with Gasteiger partial charge in [0.2, 0.25) is 0 Å². The molecule has 1 amide bonds. The van der Waals surface area contributed by atoms with Crippen molar-refractivity contribution < 1.29 is 24.5 Å². The van der Waals surface area contributed by atoms with Crippen LogP contribution >= 0.6 is 0 Å². The van der Waals surface area contributed by atoms with Gasteiger partial charge in [-0.1, -0.05) is 6.92 Å². The molecule has 2 aliphatic heterocycles. The number of hydrogen-bond donors (Lipinski definition) is 2. The Bertz CT molecular complexity index is 647. The number of aliphatic hydroxyl groups is 2. The molecule has 2 aliphatic rings. The number of hydrogen-bond acceptors (Lipinski definition) is 6. The molecule has 0 saturated carbocycles. The van der Waals surface area contributed by atoms with Gasteiger partial charge >= 0.3 is 0 Å². The van der Waals surface area contributed by atoms with E-state index in [1.807, 2.05) is 13.0 Å². The van der Waals surface area contributed by atoms with E-state index >= 15 is 0 Å². The van der Waals surface area contributed by atoms with E-state index in [1.54, 1.807) is 24.1 Å². The highest BCUT2D eigenvalue weighted by Gasteiger charge is 2.40. The number of ether oxygens (including phenoxy) is 2. The molecule has 0 spiro atoms. The number of anilines is 1. The van der Waals surface area contributed by atoms with Crippen molar-refractivity contribution in [2.24, 2.45) is 0 Å². The summed E-state index contributed by atoms with van der Waals surface area (Å²) in [6.45, 7) is 5.21. The second-order valence-corrected chi connectivity index (χ2v) is 6.96.